The lowest BCUT2D eigenvalue weighted by atomic mass is 9.96. The van der Waals surface area contributed by atoms with Crippen LogP contribution in [-0.2, 0) is 60.5 Å². The summed E-state index contributed by atoms with van der Waals surface area (Å²) in [5.41, 5.74) is 29.0. The second-order valence-corrected chi connectivity index (χ2v) is 25.8. The van der Waals surface area contributed by atoms with Crippen molar-refractivity contribution in [2.45, 2.75) is 163 Å². The number of hydrogen-bond acceptors (Lipinski definition) is 33. The summed E-state index contributed by atoms with van der Waals surface area (Å²) in [4.78, 5) is 135. The predicted octanol–water partition coefficient (Wildman–Crippen LogP) is -7.35. The average Bonchev–Trinajstić information content (AvgIpc) is 1.05. The zero-order chi connectivity index (χ0) is 74.6. The van der Waals surface area contributed by atoms with E-state index in [4.69, 9.17) is 52.4 Å². The van der Waals surface area contributed by atoms with E-state index in [0.29, 0.717) is 35.2 Å². The van der Waals surface area contributed by atoms with E-state index < -0.39 is 183 Å². The van der Waals surface area contributed by atoms with Crippen LogP contribution in [0, 0.1) is 12.8 Å². The first-order valence-electron chi connectivity index (χ1n) is 32.1. The highest BCUT2D eigenvalue weighted by Crippen LogP contribution is 2.35. The molecule has 8 amide bonds. The van der Waals surface area contributed by atoms with E-state index in [1.807, 2.05) is 18.2 Å². The summed E-state index contributed by atoms with van der Waals surface area (Å²) in [5, 5.41) is 112. The van der Waals surface area contributed by atoms with E-state index in [9.17, 15) is 74.4 Å². The summed E-state index contributed by atoms with van der Waals surface area (Å²) >= 11 is 2.50. The Morgan fingerprint density at radius 2 is 1.48 bits per heavy atom. The zero-order valence-corrected chi connectivity index (χ0v) is 57.3. The van der Waals surface area contributed by atoms with Gasteiger partial charge in [-0.25, -0.2) is 29.7 Å². The zero-order valence-electron chi connectivity index (χ0n) is 55.6. The molecule has 102 heavy (non-hydrogen) atoms. The fourth-order valence-corrected chi connectivity index (χ4v) is 12.2. The SMILES string of the molecule is Cc1c(N)nc([C@H](CC(N)=O)NC[C@H](N)C(N)=O)nc1C(=O)N[C@H](C(=O)N[C@H](C)[C@@H](O)[C@H](C)C(=O)N[C@H](C(=O)NCCc1nc(-c2nc(C(=O)NCCCNCCc3ccccn3)cs2)cs1)[C@@H](C)O)[C@@H](OC1OC(CO)C(O)C(O)C1OC1OC(CO)C(O)C(OC(N)=O)C1O)c1cnc[nH]1. The molecule has 0 radical (unpaired) electrons. The molecule has 0 aromatic carbocycles. The van der Waals surface area contributed by atoms with Gasteiger partial charge in [-0.05, 0) is 45.9 Å². The highest BCUT2D eigenvalue weighted by atomic mass is 32.1. The lowest BCUT2D eigenvalue weighted by Gasteiger charge is -2.47. The van der Waals surface area contributed by atoms with E-state index in [-0.39, 0.29) is 54.0 Å². The molecular weight excluding hydrogens is 1390 g/mol. The number of rotatable bonds is 38. The molecule has 0 bridgehead atoms. The van der Waals surface area contributed by atoms with Crippen molar-refractivity contribution >= 4 is 75.9 Å². The van der Waals surface area contributed by atoms with E-state index >= 15 is 4.79 Å². The van der Waals surface area contributed by atoms with Crippen molar-refractivity contribution in [2.75, 3.05) is 51.7 Å². The molecule has 5 aromatic rings. The second kappa shape index (κ2) is 38.1. The number of thiazole rings is 2. The standard InChI is InChI=1S/C60H87N19O21S2/c1-24-38(76-51(79-49(24)63)30(16-36(62)83)71-17-29(61)50(64)89)55(93)78-40(46(31-18-67-23-72-31)98-59-48(44(87)42(85)34(19-80)97-59)99-58-45(88)47(100-60(65)95)43(86)35(20-81)96-58)56(94)73-26(3)41(84)25(2)52(90)77-39(27(4)82)54(92)70-15-10-37-74-33(22-101-37)57-75-32(21-102-57)53(91)69-13-7-11-66-14-9-28-8-5-6-12-68-28/h5-6,8,12,18,21-23,25-27,29-30,34-35,39-48,58-59,66,71,80-82,84-88H,7,9-11,13-17,19-20,61H2,1-4H3,(H2,62,83)(H2,64,89)(H2,65,95)(H,67,72)(H,69,91)(H,70,92)(H,73,94)(H,77,90)(H,78,93)(H2,63,76,79)/t25-,26+,27+,29-,30-,34?,35?,39-,40-,41-,42?,43?,44?,45?,46-,47?,48?,58?,59?/m0/s1. The summed E-state index contributed by atoms with van der Waals surface area (Å²) < 4.78 is 28.8. The number of nitrogens with two attached hydrogens (primary N) is 5. The van der Waals surface area contributed by atoms with Gasteiger partial charge in [-0.2, -0.15) is 0 Å². The fraction of sp³-hybridized carbons (Fsp3) is 0.567. The minimum absolute atomic E-state index is 0.0178. The van der Waals surface area contributed by atoms with Crippen LogP contribution in [0.2, 0.25) is 0 Å². The lowest BCUT2D eigenvalue weighted by Crippen LogP contribution is -2.65. The molecule has 0 saturated carbocycles. The number of nitrogens with zero attached hydrogens (tertiary/aromatic N) is 6. The third-order valence-corrected chi connectivity index (χ3v) is 18.1. The summed E-state index contributed by atoms with van der Waals surface area (Å²) in [7, 11) is 0. The molecule has 19 atom stereocenters. The number of anilines is 1. The number of aromatic amines is 1. The number of hydrogen-bond donors (Lipinski definition) is 21. The molecule has 2 aliphatic heterocycles. The van der Waals surface area contributed by atoms with Gasteiger partial charge in [0.2, 0.25) is 29.5 Å². The van der Waals surface area contributed by atoms with Gasteiger partial charge >= 0.3 is 6.09 Å². The minimum atomic E-state index is -2.20. The van der Waals surface area contributed by atoms with Gasteiger partial charge in [0.05, 0.1) is 72.7 Å². The van der Waals surface area contributed by atoms with Crippen LogP contribution < -0.4 is 65.9 Å². The maximum atomic E-state index is 15.2. The fourth-order valence-electron chi connectivity index (χ4n) is 10.5. The number of primary amides is 3. The molecule has 40 nitrogen and oxygen atoms in total. The van der Waals surface area contributed by atoms with Crippen LogP contribution in [0.5, 0.6) is 0 Å². The third-order valence-electron chi connectivity index (χ3n) is 16.4. The smallest absolute Gasteiger partial charge is 0.404 e. The van der Waals surface area contributed by atoms with E-state index in [1.165, 1.54) is 50.4 Å². The Bertz CT molecular complexity index is 3600. The van der Waals surface area contributed by atoms with Gasteiger partial charge in [0, 0.05) is 73.7 Å². The number of carbonyl (C=O) groups excluding carboxylic acids is 8. The molecule has 26 N–H and O–H groups in total. The number of ether oxygens (including phenoxy) is 5. The minimum Gasteiger partial charge on any atom is -0.441 e. The van der Waals surface area contributed by atoms with Gasteiger partial charge in [-0.3, -0.25) is 38.5 Å². The Labute approximate surface area is 590 Å². The first kappa shape index (κ1) is 80.8. The molecule has 0 spiro atoms. The molecule has 7 rings (SSSR count). The normalized spacial score (nSPS) is 23.2. The monoisotopic (exact) mass is 1470 g/mol. The van der Waals surface area contributed by atoms with Crippen molar-refractivity contribution in [1.29, 1.82) is 0 Å². The average molecular weight is 1470 g/mol. The highest BCUT2D eigenvalue weighted by molar-refractivity contribution is 7.14. The number of amides is 8. The van der Waals surface area contributed by atoms with Gasteiger partial charge in [0.15, 0.2) is 18.7 Å². The first-order valence-corrected chi connectivity index (χ1v) is 33.8. The molecule has 42 heteroatoms. The number of aliphatic hydroxyl groups excluding tert-OH is 8. The maximum absolute atomic E-state index is 15.2. The highest BCUT2D eigenvalue weighted by Gasteiger charge is 2.54. The molecule has 10 unspecified atom stereocenters. The number of nitrogens with one attached hydrogen (secondary N) is 8. The summed E-state index contributed by atoms with van der Waals surface area (Å²) in [5.74, 6) is -8.76. The van der Waals surface area contributed by atoms with Crippen LogP contribution >= 0.6 is 22.7 Å². The number of pyridine rings is 1. The van der Waals surface area contributed by atoms with E-state index in [2.05, 4.69) is 72.1 Å². The second-order valence-electron chi connectivity index (χ2n) is 24.0. The molecule has 0 aliphatic carbocycles. The van der Waals surface area contributed by atoms with Crippen LogP contribution in [0.15, 0.2) is 47.7 Å². The van der Waals surface area contributed by atoms with Crippen LogP contribution in [0.3, 0.4) is 0 Å². The Balaban J connectivity index is 1.07. The Morgan fingerprint density at radius 1 is 0.755 bits per heavy atom. The Kier molecular flexibility index (Phi) is 30.2. The van der Waals surface area contributed by atoms with Crippen LogP contribution in [-0.4, -0.2) is 267 Å². The third kappa shape index (κ3) is 21.8. The van der Waals surface area contributed by atoms with Crippen molar-refractivity contribution in [3.8, 4) is 10.7 Å². The molecule has 7 heterocycles. The van der Waals surface area contributed by atoms with Crippen LogP contribution in [0.25, 0.3) is 10.7 Å². The first-order chi connectivity index (χ1) is 48.5. The predicted molar refractivity (Wildman–Crippen MR) is 356 cm³/mol. The number of carbonyl (C=O) groups is 8. The number of aliphatic hydroxyl groups is 8. The van der Waals surface area contributed by atoms with Crippen molar-refractivity contribution in [2.24, 2.45) is 28.9 Å². The quantitative estimate of drug-likeness (QED) is 0.0163. The summed E-state index contributed by atoms with van der Waals surface area (Å²) in [6.07, 6.45) is -21.9. The van der Waals surface area contributed by atoms with Gasteiger partial charge in [0.25, 0.3) is 11.8 Å². The van der Waals surface area contributed by atoms with Gasteiger partial charge in [-0.1, -0.05) is 13.0 Å². The summed E-state index contributed by atoms with van der Waals surface area (Å²) in [6, 6.07) is -2.13. The van der Waals surface area contributed by atoms with E-state index in [0.717, 1.165) is 31.2 Å². The molecule has 2 saturated heterocycles. The van der Waals surface area contributed by atoms with Gasteiger partial charge in [-0.15, -0.1) is 22.7 Å². The molecule has 560 valence electrons. The van der Waals surface area contributed by atoms with Gasteiger partial charge in [0.1, 0.15) is 94.6 Å². The van der Waals surface area contributed by atoms with Crippen molar-refractivity contribution < 1.29 is 103 Å². The maximum Gasteiger partial charge on any atom is 0.404 e. The van der Waals surface area contributed by atoms with E-state index in [1.54, 1.807) is 17.0 Å². The summed E-state index contributed by atoms with van der Waals surface area (Å²) in [6.45, 7) is 4.49. The number of H-pyrrole nitrogens is 1. The number of imidazole rings is 1. The lowest BCUT2D eigenvalue weighted by molar-refractivity contribution is -0.372. The number of nitrogen functional groups attached to an aromatic ring is 1. The van der Waals surface area contributed by atoms with Crippen LogP contribution in [0.4, 0.5) is 10.6 Å². The van der Waals surface area contributed by atoms with Crippen molar-refractivity contribution in [3.05, 3.63) is 86.9 Å². The molecular formula is C60H87N19O21S2. The largest absolute Gasteiger partial charge is 0.441 e. The Morgan fingerprint density at radius 3 is 2.14 bits per heavy atom. The molecule has 5 aromatic heterocycles. The Hall–Kier alpha value is -8.54. The van der Waals surface area contributed by atoms with Crippen LogP contribution in [0.1, 0.15) is 94.5 Å². The molecule has 2 fully saturated rings. The van der Waals surface area contributed by atoms with Gasteiger partial charge < -0.3 is 135 Å². The number of aromatic nitrogens is 7. The topological polar surface area (TPSA) is 652 Å². The van der Waals surface area contributed by atoms with Crippen molar-refractivity contribution in [1.82, 2.24) is 72.1 Å². The molecule has 2 aliphatic rings. The van der Waals surface area contributed by atoms with Crippen molar-refractivity contribution in [3.63, 3.8) is 0 Å².